The van der Waals surface area contributed by atoms with Crippen molar-refractivity contribution in [1.29, 1.82) is 0 Å². The molecule has 0 atom stereocenters. The van der Waals surface area contributed by atoms with Gasteiger partial charge in [-0.1, -0.05) is 18.2 Å². The summed E-state index contributed by atoms with van der Waals surface area (Å²) in [5, 5.41) is 4.54. The number of hydrogen-bond acceptors (Lipinski definition) is 3. The highest BCUT2D eigenvalue weighted by atomic mass is 16.5. The fourth-order valence-corrected chi connectivity index (χ4v) is 1.83. The molecule has 3 heteroatoms. The summed E-state index contributed by atoms with van der Waals surface area (Å²) in [6, 6.07) is 10.2. The molecule has 0 unspecified atom stereocenters. The third-order valence-corrected chi connectivity index (χ3v) is 2.73. The van der Waals surface area contributed by atoms with Gasteiger partial charge in [0.15, 0.2) is 0 Å². The Morgan fingerprint density at radius 2 is 2.12 bits per heavy atom. The van der Waals surface area contributed by atoms with E-state index in [2.05, 4.69) is 17.4 Å². The van der Waals surface area contributed by atoms with Crippen LogP contribution in [0.3, 0.4) is 0 Å². The molecule has 0 aliphatic rings. The van der Waals surface area contributed by atoms with Gasteiger partial charge in [-0.3, -0.25) is 0 Å². The molecule has 92 valence electrons. The topological polar surface area (TPSA) is 34.4 Å². The number of ether oxygens (including phenoxy) is 1. The van der Waals surface area contributed by atoms with E-state index in [1.807, 2.05) is 18.2 Å². The standard InChI is InChI=1S/C14H19NO2/c1-16-9-5-4-8-15-11-13-10-12-6-2-3-7-14(12)17-13/h2-3,6-7,10,15H,4-5,8-9,11H2,1H3. The fourth-order valence-electron chi connectivity index (χ4n) is 1.83. The van der Waals surface area contributed by atoms with E-state index in [4.69, 9.17) is 9.15 Å². The van der Waals surface area contributed by atoms with E-state index in [1.165, 1.54) is 5.39 Å². The number of hydrogen-bond donors (Lipinski definition) is 1. The Bertz CT molecular complexity index is 417. The highest BCUT2D eigenvalue weighted by Gasteiger charge is 2.01. The molecule has 0 spiro atoms. The van der Waals surface area contributed by atoms with Crippen molar-refractivity contribution in [3.8, 4) is 0 Å². The van der Waals surface area contributed by atoms with Gasteiger partial charge in [0.25, 0.3) is 0 Å². The molecule has 2 aromatic rings. The van der Waals surface area contributed by atoms with Gasteiger partial charge in [-0.15, -0.1) is 0 Å². The van der Waals surface area contributed by atoms with Crippen LogP contribution in [-0.4, -0.2) is 20.3 Å². The molecule has 0 amide bonds. The summed E-state index contributed by atoms with van der Waals surface area (Å²) in [6.07, 6.45) is 2.23. The van der Waals surface area contributed by atoms with Gasteiger partial charge in [0.1, 0.15) is 11.3 Å². The molecule has 1 aromatic carbocycles. The van der Waals surface area contributed by atoms with Gasteiger partial charge in [0, 0.05) is 19.1 Å². The van der Waals surface area contributed by atoms with Gasteiger partial charge < -0.3 is 14.5 Å². The van der Waals surface area contributed by atoms with Crippen LogP contribution >= 0.6 is 0 Å². The summed E-state index contributed by atoms with van der Waals surface area (Å²) < 4.78 is 10.7. The number of fused-ring (bicyclic) bond motifs is 1. The monoisotopic (exact) mass is 233 g/mol. The number of methoxy groups -OCH3 is 1. The van der Waals surface area contributed by atoms with E-state index >= 15 is 0 Å². The van der Waals surface area contributed by atoms with Crippen molar-refractivity contribution in [2.24, 2.45) is 0 Å². The molecule has 1 heterocycles. The minimum absolute atomic E-state index is 0.793. The Balaban J connectivity index is 1.75. The smallest absolute Gasteiger partial charge is 0.134 e. The molecule has 0 aliphatic carbocycles. The van der Waals surface area contributed by atoms with Crippen LogP contribution in [-0.2, 0) is 11.3 Å². The number of benzene rings is 1. The summed E-state index contributed by atoms with van der Waals surface area (Å²) >= 11 is 0. The van der Waals surface area contributed by atoms with Crippen LogP contribution in [0, 0.1) is 0 Å². The number of para-hydroxylation sites is 1. The Labute approximate surface area is 102 Å². The quantitative estimate of drug-likeness (QED) is 0.747. The average molecular weight is 233 g/mol. The van der Waals surface area contributed by atoms with Gasteiger partial charge >= 0.3 is 0 Å². The minimum atomic E-state index is 0.793. The second-order valence-corrected chi connectivity index (χ2v) is 4.13. The zero-order valence-electron chi connectivity index (χ0n) is 10.2. The van der Waals surface area contributed by atoms with Crippen molar-refractivity contribution >= 4 is 11.0 Å². The molecule has 0 aliphatic heterocycles. The van der Waals surface area contributed by atoms with Gasteiger partial charge in [0.05, 0.1) is 6.54 Å². The van der Waals surface area contributed by atoms with Crippen molar-refractivity contribution in [3.63, 3.8) is 0 Å². The fraction of sp³-hybridized carbons (Fsp3) is 0.429. The zero-order chi connectivity index (χ0) is 11.9. The lowest BCUT2D eigenvalue weighted by Crippen LogP contribution is -2.14. The second kappa shape index (κ2) is 6.42. The largest absolute Gasteiger partial charge is 0.460 e. The van der Waals surface area contributed by atoms with Crippen LogP contribution < -0.4 is 5.32 Å². The number of furan rings is 1. The van der Waals surface area contributed by atoms with E-state index < -0.39 is 0 Å². The Morgan fingerprint density at radius 1 is 1.24 bits per heavy atom. The van der Waals surface area contributed by atoms with Crippen LogP contribution in [0.1, 0.15) is 18.6 Å². The van der Waals surface area contributed by atoms with Crippen LogP contribution in [0.15, 0.2) is 34.7 Å². The molecular formula is C14H19NO2. The summed E-state index contributed by atoms with van der Waals surface area (Å²) in [5.74, 6) is 0.998. The van der Waals surface area contributed by atoms with Crippen molar-refractivity contribution in [3.05, 3.63) is 36.1 Å². The van der Waals surface area contributed by atoms with E-state index in [9.17, 15) is 0 Å². The molecule has 1 aromatic heterocycles. The van der Waals surface area contributed by atoms with E-state index in [1.54, 1.807) is 7.11 Å². The molecule has 1 N–H and O–H groups in total. The van der Waals surface area contributed by atoms with Crippen LogP contribution in [0.5, 0.6) is 0 Å². The van der Waals surface area contributed by atoms with Crippen molar-refractivity contribution < 1.29 is 9.15 Å². The predicted octanol–water partition coefficient (Wildman–Crippen LogP) is 2.95. The Kier molecular flexibility index (Phi) is 4.59. The Hall–Kier alpha value is -1.32. The lowest BCUT2D eigenvalue weighted by molar-refractivity contribution is 0.192. The van der Waals surface area contributed by atoms with Gasteiger partial charge in [-0.25, -0.2) is 0 Å². The van der Waals surface area contributed by atoms with Gasteiger partial charge in [-0.05, 0) is 31.5 Å². The third-order valence-electron chi connectivity index (χ3n) is 2.73. The average Bonchev–Trinajstić information content (AvgIpc) is 2.76. The number of nitrogens with one attached hydrogen (secondary N) is 1. The lowest BCUT2D eigenvalue weighted by Gasteiger charge is -2.01. The Morgan fingerprint density at radius 3 is 2.94 bits per heavy atom. The van der Waals surface area contributed by atoms with E-state index in [0.29, 0.717) is 0 Å². The molecule has 0 bridgehead atoms. The van der Waals surface area contributed by atoms with Crippen LogP contribution in [0.25, 0.3) is 11.0 Å². The van der Waals surface area contributed by atoms with E-state index in [0.717, 1.165) is 43.9 Å². The summed E-state index contributed by atoms with van der Waals surface area (Å²) in [6.45, 7) is 2.63. The molecule has 0 saturated heterocycles. The first-order valence-corrected chi connectivity index (χ1v) is 6.07. The molecule has 0 fully saturated rings. The number of unbranched alkanes of at least 4 members (excludes halogenated alkanes) is 1. The molecule has 3 nitrogen and oxygen atoms in total. The molecule has 2 rings (SSSR count). The maximum absolute atomic E-state index is 5.71. The van der Waals surface area contributed by atoms with Crippen LogP contribution in [0.4, 0.5) is 0 Å². The third kappa shape index (κ3) is 3.58. The van der Waals surface area contributed by atoms with Crippen molar-refractivity contribution in [2.45, 2.75) is 19.4 Å². The number of rotatable bonds is 7. The summed E-state index contributed by atoms with van der Waals surface area (Å²) in [5.41, 5.74) is 0.962. The van der Waals surface area contributed by atoms with Crippen molar-refractivity contribution in [2.75, 3.05) is 20.3 Å². The first-order chi connectivity index (χ1) is 8.40. The van der Waals surface area contributed by atoms with Crippen molar-refractivity contribution in [1.82, 2.24) is 5.32 Å². The highest BCUT2D eigenvalue weighted by molar-refractivity contribution is 5.77. The lowest BCUT2D eigenvalue weighted by atomic mass is 10.2. The normalized spacial score (nSPS) is 11.1. The maximum Gasteiger partial charge on any atom is 0.134 e. The minimum Gasteiger partial charge on any atom is -0.460 e. The first-order valence-electron chi connectivity index (χ1n) is 6.07. The van der Waals surface area contributed by atoms with Gasteiger partial charge in [-0.2, -0.15) is 0 Å². The molecule has 17 heavy (non-hydrogen) atoms. The maximum atomic E-state index is 5.71. The molecular weight excluding hydrogens is 214 g/mol. The second-order valence-electron chi connectivity index (χ2n) is 4.13. The molecule has 0 radical (unpaired) electrons. The summed E-state index contributed by atoms with van der Waals surface area (Å²) in [4.78, 5) is 0. The SMILES string of the molecule is COCCCCNCc1cc2ccccc2o1. The predicted molar refractivity (Wildman–Crippen MR) is 69.0 cm³/mol. The summed E-state index contributed by atoms with van der Waals surface area (Å²) in [7, 11) is 1.74. The first kappa shape index (κ1) is 12.1. The molecule has 0 saturated carbocycles. The zero-order valence-corrected chi connectivity index (χ0v) is 10.2. The van der Waals surface area contributed by atoms with Gasteiger partial charge in [0.2, 0.25) is 0 Å². The van der Waals surface area contributed by atoms with E-state index in [-0.39, 0.29) is 0 Å². The highest BCUT2D eigenvalue weighted by Crippen LogP contribution is 2.18. The van der Waals surface area contributed by atoms with Crippen LogP contribution in [0.2, 0.25) is 0 Å².